The summed E-state index contributed by atoms with van der Waals surface area (Å²) in [7, 11) is 0. The molecule has 0 radical (unpaired) electrons. The zero-order valence-electron chi connectivity index (χ0n) is 10.8. The van der Waals surface area contributed by atoms with Crippen LogP contribution in [0.15, 0.2) is 35.1 Å². The maximum atomic E-state index is 6.23. The van der Waals surface area contributed by atoms with Gasteiger partial charge in [-0.3, -0.25) is 0 Å². The Labute approximate surface area is 116 Å². The maximum absolute atomic E-state index is 6.23. The molecule has 1 atom stereocenters. The van der Waals surface area contributed by atoms with Gasteiger partial charge in [0.05, 0.1) is 18.2 Å². The largest absolute Gasteiger partial charge is 0.467 e. The molecule has 98 valence electrons. The van der Waals surface area contributed by atoms with E-state index in [1.807, 2.05) is 36.6 Å². The quantitative estimate of drug-likeness (QED) is 0.685. The Hall–Kier alpha value is -1.81. The molecule has 3 rings (SSSR count). The Morgan fingerprint density at radius 3 is 2.95 bits per heavy atom. The number of nitrogens with zero attached hydrogens (tertiary/aromatic N) is 3. The second-order valence-corrected chi connectivity index (χ2v) is 5.21. The molecule has 19 heavy (non-hydrogen) atoms. The normalized spacial score (nSPS) is 13.0. The van der Waals surface area contributed by atoms with Crippen molar-refractivity contribution in [3.05, 3.63) is 47.8 Å². The minimum absolute atomic E-state index is 0.177. The number of hydrogen-bond acceptors (Lipinski definition) is 3. The summed E-state index contributed by atoms with van der Waals surface area (Å²) < 4.78 is 7.41. The molecule has 0 N–H and O–H groups in total. The lowest BCUT2D eigenvalue weighted by Gasteiger charge is -2.07. The Balaban J connectivity index is 2.19. The van der Waals surface area contributed by atoms with Gasteiger partial charge in [-0.05, 0) is 37.6 Å². The van der Waals surface area contributed by atoms with Crippen molar-refractivity contribution in [2.45, 2.75) is 25.8 Å². The first-order valence-corrected chi connectivity index (χ1v) is 6.58. The number of halogens is 1. The summed E-state index contributed by atoms with van der Waals surface area (Å²) in [5, 5.41) is -0.177. The molecule has 3 heterocycles. The molecule has 3 aromatic rings. The van der Waals surface area contributed by atoms with E-state index in [1.165, 1.54) is 0 Å². The summed E-state index contributed by atoms with van der Waals surface area (Å²) in [6.45, 7) is 4.53. The summed E-state index contributed by atoms with van der Waals surface area (Å²) in [5.41, 5.74) is 2.84. The fourth-order valence-electron chi connectivity index (χ4n) is 2.17. The second kappa shape index (κ2) is 4.70. The summed E-state index contributed by atoms with van der Waals surface area (Å²) in [4.78, 5) is 9.04. The van der Waals surface area contributed by atoms with E-state index in [0.29, 0.717) is 6.54 Å². The molecule has 0 aromatic carbocycles. The van der Waals surface area contributed by atoms with Gasteiger partial charge in [-0.1, -0.05) is 0 Å². The predicted octanol–water partition coefficient (Wildman–Crippen LogP) is 3.68. The van der Waals surface area contributed by atoms with Crippen LogP contribution in [0.1, 0.15) is 29.4 Å². The topological polar surface area (TPSA) is 43.9 Å². The summed E-state index contributed by atoms with van der Waals surface area (Å²) >= 11 is 6.23. The van der Waals surface area contributed by atoms with Crippen LogP contribution in [0, 0.1) is 6.92 Å². The van der Waals surface area contributed by atoms with E-state index in [9.17, 15) is 0 Å². The Bertz CT molecular complexity index is 701. The van der Waals surface area contributed by atoms with Gasteiger partial charge in [-0.2, -0.15) is 0 Å². The highest BCUT2D eigenvalue weighted by molar-refractivity contribution is 6.20. The fourth-order valence-corrected chi connectivity index (χ4v) is 2.34. The van der Waals surface area contributed by atoms with Crippen LogP contribution in [0.2, 0.25) is 0 Å². The van der Waals surface area contributed by atoms with E-state index in [-0.39, 0.29) is 5.38 Å². The van der Waals surface area contributed by atoms with Gasteiger partial charge in [0.1, 0.15) is 17.1 Å². The molecule has 0 saturated carbocycles. The molecule has 0 bridgehead atoms. The van der Waals surface area contributed by atoms with E-state index >= 15 is 0 Å². The van der Waals surface area contributed by atoms with Crippen LogP contribution in [-0.4, -0.2) is 14.5 Å². The second-order valence-electron chi connectivity index (χ2n) is 4.55. The van der Waals surface area contributed by atoms with Gasteiger partial charge >= 0.3 is 0 Å². The molecular weight excluding hydrogens is 262 g/mol. The highest BCUT2D eigenvalue weighted by Gasteiger charge is 2.17. The number of pyridine rings is 1. The third kappa shape index (κ3) is 2.12. The highest BCUT2D eigenvalue weighted by Crippen LogP contribution is 2.25. The van der Waals surface area contributed by atoms with Crippen LogP contribution < -0.4 is 0 Å². The molecule has 5 heteroatoms. The standard InChI is InChI=1S/C14H14ClN3O/c1-9-5-6-16-14-12(9)17-13(10(2)15)18(14)8-11-4-3-7-19-11/h3-7,10H,8H2,1-2H3. The number of rotatable bonds is 3. The van der Waals surface area contributed by atoms with E-state index in [4.69, 9.17) is 16.0 Å². The summed E-state index contributed by atoms with van der Waals surface area (Å²) in [5.74, 6) is 1.68. The average molecular weight is 276 g/mol. The van der Waals surface area contributed by atoms with Crippen LogP contribution in [0.3, 0.4) is 0 Å². The number of hydrogen-bond donors (Lipinski definition) is 0. The molecule has 0 aliphatic heterocycles. The van der Waals surface area contributed by atoms with Crippen LogP contribution in [0.4, 0.5) is 0 Å². The van der Waals surface area contributed by atoms with Gasteiger partial charge in [-0.15, -0.1) is 11.6 Å². The molecule has 0 spiro atoms. The molecule has 0 amide bonds. The zero-order chi connectivity index (χ0) is 13.4. The average Bonchev–Trinajstić information content (AvgIpc) is 2.99. The van der Waals surface area contributed by atoms with E-state index in [0.717, 1.165) is 28.3 Å². The maximum Gasteiger partial charge on any atom is 0.160 e. The van der Waals surface area contributed by atoms with Gasteiger partial charge in [0.25, 0.3) is 0 Å². The first-order valence-electron chi connectivity index (χ1n) is 6.15. The zero-order valence-corrected chi connectivity index (χ0v) is 11.6. The third-order valence-electron chi connectivity index (χ3n) is 3.12. The number of furan rings is 1. The predicted molar refractivity (Wildman–Crippen MR) is 74.3 cm³/mol. The molecule has 0 aliphatic carbocycles. The van der Waals surface area contributed by atoms with Gasteiger partial charge in [-0.25, -0.2) is 9.97 Å². The molecule has 4 nitrogen and oxygen atoms in total. The Kier molecular flexibility index (Phi) is 3.03. The van der Waals surface area contributed by atoms with Gasteiger partial charge < -0.3 is 8.98 Å². The van der Waals surface area contributed by atoms with Crippen molar-refractivity contribution in [2.24, 2.45) is 0 Å². The number of fused-ring (bicyclic) bond motifs is 1. The van der Waals surface area contributed by atoms with Crippen molar-refractivity contribution in [3.63, 3.8) is 0 Å². The molecule has 3 aromatic heterocycles. The van der Waals surface area contributed by atoms with Crippen molar-refractivity contribution in [2.75, 3.05) is 0 Å². The Morgan fingerprint density at radius 1 is 1.42 bits per heavy atom. The first kappa shape index (κ1) is 12.2. The number of alkyl halides is 1. The number of aryl methyl sites for hydroxylation is 1. The lowest BCUT2D eigenvalue weighted by atomic mass is 10.3. The third-order valence-corrected chi connectivity index (χ3v) is 3.31. The van der Waals surface area contributed by atoms with Gasteiger partial charge in [0.2, 0.25) is 0 Å². The van der Waals surface area contributed by atoms with Crippen LogP contribution in [0.5, 0.6) is 0 Å². The molecule has 0 saturated heterocycles. The van der Waals surface area contributed by atoms with Crippen molar-refractivity contribution in [3.8, 4) is 0 Å². The van der Waals surface area contributed by atoms with E-state index < -0.39 is 0 Å². The molecule has 0 fully saturated rings. The lowest BCUT2D eigenvalue weighted by molar-refractivity contribution is 0.491. The lowest BCUT2D eigenvalue weighted by Crippen LogP contribution is -2.05. The molecular formula is C14H14ClN3O. The van der Waals surface area contributed by atoms with Gasteiger partial charge in [0, 0.05) is 6.20 Å². The minimum Gasteiger partial charge on any atom is -0.467 e. The van der Waals surface area contributed by atoms with Gasteiger partial charge in [0.15, 0.2) is 5.65 Å². The summed E-state index contributed by atoms with van der Waals surface area (Å²) in [6.07, 6.45) is 3.46. The highest BCUT2D eigenvalue weighted by atomic mass is 35.5. The first-order chi connectivity index (χ1) is 9.16. The molecule has 0 aliphatic rings. The monoisotopic (exact) mass is 275 g/mol. The SMILES string of the molecule is Cc1ccnc2c1nc(C(C)Cl)n2Cc1ccco1. The van der Waals surface area contributed by atoms with Crippen molar-refractivity contribution >= 4 is 22.8 Å². The minimum atomic E-state index is -0.177. The smallest absolute Gasteiger partial charge is 0.160 e. The van der Waals surface area contributed by atoms with Crippen molar-refractivity contribution < 1.29 is 4.42 Å². The van der Waals surface area contributed by atoms with Crippen LogP contribution >= 0.6 is 11.6 Å². The number of aromatic nitrogens is 3. The van der Waals surface area contributed by atoms with Crippen LogP contribution in [-0.2, 0) is 6.54 Å². The van der Waals surface area contributed by atoms with E-state index in [1.54, 1.807) is 12.5 Å². The summed E-state index contributed by atoms with van der Waals surface area (Å²) in [6, 6.07) is 5.76. The Morgan fingerprint density at radius 2 is 2.26 bits per heavy atom. The molecule has 1 unspecified atom stereocenters. The van der Waals surface area contributed by atoms with Crippen molar-refractivity contribution in [1.29, 1.82) is 0 Å². The van der Waals surface area contributed by atoms with E-state index in [2.05, 4.69) is 9.97 Å². The van der Waals surface area contributed by atoms with Crippen LogP contribution in [0.25, 0.3) is 11.2 Å². The number of imidazole rings is 1. The van der Waals surface area contributed by atoms with Crippen molar-refractivity contribution in [1.82, 2.24) is 14.5 Å². The fraction of sp³-hybridized carbons (Fsp3) is 0.286.